The molecule has 3 aromatic rings. The molecule has 1 N–H and O–H groups in total. The van der Waals surface area contributed by atoms with E-state index in [0.717, 1.165) is 79.1 Å². The van der Waals surface area contributed by atoms with Crippen LogP contribution in [0.4, 0.5) is 0 Å². The average Bonchev–Trinajstić information content (AvgIpc) is 3.12. The van der Waals surface area contributed by atoms with Crippen LogP contribution >= 0.6 is 0 Å². The second-order valence-corrected chi connectivity index (χ2v) is 8.57. The minimum Gasteiger partial charge on any atom is -0.324 e. The lowest BCUT2D eigenvalue weighted by Gasteiger charge is -2.28. The van der Waals surface area contributed by atoms with Crippen LogP contribution in [0, 0.1) is 0 Å². The molecule has 7 nitrogen and oxygen atoms in total. The number of aromatic amines is 1. The van der Waals surface area contributed by atoms with Gasteiger partial charge in [-0.25, -0.2) is 9.97 Å². The maximum atomic E-state index is 12.8. The molecule has 0 radical (unpaired) electrons. The quantitative estimate of drug-likeness (QED) is 0.724. The number of aromatic nitrogens is 4. The van der Waals surface area contributed by atoms with Gasteiger partial charge < -0.3 is 9.55 Å². The van der Waals surface area contributed by atoms with Gasteiger partial charge in [0.15, 0.2) is 5.82 Å². The average molecular weight is 405 g/mol. The maximum Gasteiger partial charge on any atom is 0.255 e. The van der Waals surface area contributed by atoms with E-state index in [2.05, 4.69) is 51.5 Å². The highest BCUT2D eigenvalue weighted by molar-refractivity contribution is 5.97. The molecular weight excluding hydrogens is 376 g/mol. The van der Waals surface area contributed by atoms with E-state index >= 15 is 0 Å². The number of fused-ring (bicyclic) bond motifs is 2. The molecule has 5 rings (SSSR count). The Hall–Kier alpha value is -2.80. The molecule has 2 aliphatic rings. The van der Waals surface area contributed by atoms with E-state index in [-0.39, 0.29) is 5.56 Å². The van der Waals surface area contributed by atoms with E-state index in [0.29, 0.717) is 18.4 Å². The fourth-order valence-corrected chi connectivity index (χ4v) is 4.63. The lowest BCUT2D eigenvalue weighted by atomic mass is 10.1. The van der Waals surface area contributed by atoms with Crippen molar-refractivity contribution in [2.75, 3.05) is 13.1 Å². The Kier molecular flexibility index (Phi) is 4.98. The summed E-state index contributed by atoms with van der Waals surface area (Å²) >= 11 is 0. The number of H-pyrrole nitrogens is 1. The lowest BCUT2D eigenvalue weighted by molar-refractivity contribution is 0.231. The maximum absolute atomic E-state index is 12.8. The van der Waals surface area contributed by atoms with Crippen molar-refractivity contribution in [3.63, 3.8) is 0 Å². The van der Waals surface area contributed by atoms with Gasteiger partial charge in [0, 0.05) is 32.1 Å². The Morgan fingerprint density at radius 3 is 2.80 bits per heavy atom. The Bertz CT molecular complexity index is 1170. The van der Waals surface area contributed by atoms with Crippen LogP contribution in [0.2, 0.25) is 0 Å². The van der Waals surface area contributed by atoms with Crippen molar-refractivity contribution in [1.82, 2.24) is 24.4 Å². The number of hydrogen-bond acceptors (Lipinski definition) is 5. The van der Waals surface area contributed by atoms with E-state index in [9.17, 15) is 4.79 Å². The Morgan fingerprint density at radius 1 is 1.13 bits per heavy atom. The molecule has 0 atom stereocenters. The van der Waals surface area contributed by atoms with Gasteiger partial charge in [-0.05, 0) is 45.2 Å². The minimum atomic E-state index is -0.0228. The standard InChI is InChI=1S/C23H28N6O/c1-15(2)29-20-9-4-3-7-18(20)25-21(29)14-28-12-10-17-16(13-28)23(30)27-22(26-17)19-8-5-6-11-24-19/h3-4,7,9,15H,5-6,8,10-14H2,1-2H3,(H,26,27,30). The molecule has 1 aromatic carbocycles. The van der Waals surface area contributed by atoms with Crippen molar-refractivity contribution in [2.24, 2.45) is 4.99 Å². The van der Waals surface area contributed by atoms with Crippen molar-refractivity contribution in [2.45, 2.75) is 58.7 Å². The molecule has 2 aliphatic heterocycles. The molecule has 4 heterocycles. The van der Waals surface area contributed by atoms with Crippen LogP contribution in [-0.2, 0) is 19.5 Å². The highest BCUT2D eigenvalue weighted by Crippen LogP contribution is 2.24. The first-order chi connectivity index (χ1) is 14.6. The van der Waals surface area contributed by atoms with Gasteiger partial charge in [0.25, 0.3) is 5.56 Å². The highest BCUT2D eigenvalue weighted by Gasteiger charge is 2.24. The number of rotatable bonds is 4. The van der Waals surface area contributed by atoms with Crippen molar-refractivity contribution in [3.8, 4) is 0 Å². The zero-order valence-corrected chi connectivity index (χ0v) is 17.7. The van der Waals surface area contributed by atoms with Crippen molar-refractivity contribution >= 4 is 16.7 Å². The van der Waals surface area contributed by atoms with Gasteiger partial charge in [-0.15, -0.1) is 0 Å². The van der Waals surface area contributed by atoms with E-state index in [4.69, 9.17) is 9.97 Å². The van der Waals surface area contributed by atoms with Gasteiger partial charge in [0.1, 0.15) is 5.82 Å². The van der Waals surface area contributed by atoms with E-state index < -0.39 is 0 Å². The lowest BCUT2D eigenvalue weighted by Crippen LogP contribution is -2.37. The summed E-state index contributed by atoms with van der Waals surface area (Å²) in [7, 11) is 0. The second kappa shape index (κ2) is 7.80. The summed E-state index contributed by atoms with van der Waals surface area (Å²) in [6.07, 6.45) is 3.92. The van der Waals surface area contributed by atoms with Crippen LogP contribution < -0.4 is 5.56 Å². The van der Waals surface area contributed by atoms with E-state index in [1.54, 1.807) is 0 Å². The van der Waals surface area contributed by atoms with Gasteiger partial charge in [-0.3, -0.25) is 14.7 Å². The Labute approximate surface area is 175 Å². The van der Waals surface area contributed by atoms with Gasteiger partial charge in [0.05, 0.1) is 34.5 Å². The van der Waals surface area contributed by atoms with Crippen LogP contribution in [0.25, 0.3) is 11.0 Å². The SMILES string of the molecule is CC(C)n1c(CN2CCc3nc(C4=NCCCC4)[nH]c(=O)c3C2)nc2ccccc21. The third-order valence-corrected chi connectivity index (χ3v) is 6.10. The van der Waals surface area contributed by atoms with Crippen LogP contribution in [0.5, 0.6) is 0 Å². The molecule has 0 unspecified atom stereocenters. The Balaban J connectivity index is 1.42. The first-order valence-electron chi connectivity index (χ1n) is 10.9. The number of benzene rings is 1. The van der Waals surface area contributed by atoms with Crippen LogP contribution in [0.3, 0.4) is 0 Å². The first-order valence-corrected chi connectivity index (χ1v) is 10.9. The molecule has 0 saturated carbocycles. The summed E-state index contributed by atoms with van der Waals surface area (Å²) < 4.78 is 2.30. The molecule has 0 fully saturated rings. The van der Waals surface area contributed by atoms with Crippen LogP contribution in [0.1, 0.15) is 62.1 Å². The topological polar surface area (TPSA) is 79.2 Å². The van der Waals surface area contributed by atoms with Gasteiger partial charge in [-0.2, -0.15) is 0 Å². The molecule has 0 saturated heterocycles. The summed E-state index contributed by atoms with van der Waals surface area (Å²) in [4.78, 5) is 32.4. The monoisotopic (exact) mass is 404 g/mol. The summed E-state index contributed by atoms with van der Waals surface area (Å²) in [6.45, 7) is 7.41. The van der Waals surface area contributed by atoms with Gasteiger partial charge in [0.2, 0.25) is 0 Å². The molecule has 7 heteroatoms. The van der Waals surface area contributed by atoms with E-state index in [1.807, 2.05) is 6.07 Å². The number of nitrogens with one attached hydrogen (secondary N) is 1. The van der Waals surface area contributed by atoms with Crippen molar-refractivity contribution in [3.05, 3.63) is 57.5 Å². The summed E-state index contributed by atoms with van der Waals surface area (Å²) in [5, 5.41) is 0. The number of nitrogens with zero attached hydrogens (tertiary/aromatic N) is 5. The van der Waals surface area contributed by atoms with E-state index in [1.165, 1.54) is 0 Å². The third-order valence-electron chi connectivity index (χ3n) is 6.10. The van der Waals surface area contributed by atoms with Crippen molar-refractivity contribution < 1.29 is 0 Å². The summed E-state index contributed by atoms with van der Waals surface area (Å²) in [6, 6.07) is 8.60. The summed E-state index contributed by atoms with van der Waals surface area (Å²) in [5.74, 6) is 1.72. The second-order valence-electron chi connectivity index (χ2n) is 8.57. The zero-order chi connectivity index (χ0) is 20.7. The fraction of sp³-hybridized carbons (Fsp3) is 0.478. The predicted octanol–water partition coefficient (Wildman–Crippen LogP) is 3.23. The molecule has 0 aliphatic carbocycles. The fourth-order valence-electron chi connectivity index (χ4n) is 4.63. The van der Waals surface area contributed by atoms with Crippen molar-refractivity contribution in [1.29, 1.82) is 0 Å². The number of para-hydroxylation sites is 2. The molecule has 0 spiro atoms. The van der Waals surface area contributed by atoms with Crippen LogP contribution in [-0.4, -0.2) is 43.2 Å². The Morgan fingerprint density at radius 2 is 2.00 bits per heavy atom. The largest absolute Gasteiger partial charge is 0.324 e. The minimum absolute atomic E-state index is 0.0228. The predicted molar refractivity (Wildman–Crippen MR) is 118 cm³/mol. The van der Waals surface area contributed by atoms with Gasteiger partial charge >= 0.3 is 0 Å². The number of hydrogen-bond donors (Lipinski definition) is 1. The third kappa shape index (κ3) is 3.47. The first kappa shape index (κ1) is 19.2. The molecule has 0 amide bonds. The molecule has 156 valence electrons. The normalized spacial score (nSPS) is 17.4. The molecule has 30 heavy (non-hydrogen) atoms. The highest BCUT2D eigenvalue weighted by atomic mass is 16.1. The molecule has 2 aromatic heterocycles. The smallest absolute Gasteiger partial charge is 0.255 e. The molecular formula is C23H28N6O. The zero-order valence-electron chi connectivity index (χ0n) is 17.7. The molecule has 0 bridgehead atoms. The number of aliphatic imine (C=N–C) groups is 1. The number of imidazole rings is 1. The van der Waals surface area contributed by atoms with Crippen LogP contribution in [0.15, 0.2) is 34.1 Å². The summed E-state index contributed by atoms with van der Waals surface area (Å²) in [5.41, 5.74) is 4.83. The van der Waals surface area contributed by atoms with Gasteiger partial charge in [-0.1, -0.05) is 12.1 Å².